The molecule has 1 heterocycles. The van der Waals surface area contributed by atoms with Crippen molar-refractivity contribution in [2.45, 2.75) is 63.3 Å². The van der Waals surface area contributed by atoms with Gasteiger partial charge in [0.2, 0.25) is 0 Å². The van der Waals surface area contributed by atoms with E-state index in [-0.39, 0.29) is 0 Å². The van der Waals surface area contributed by atoms with Gasteiger partial charge in [-0.2, -0.15) is 0 Å². The van der Waals surface area contributed by atoms with E-state index in [1.165, 1.54) is 43.2 Å². The molecule has 0 saturated heterocycles. The highest BCUT2D eigenvalue weighted by Gasteiger charge is 2.39. The lowest BCUT2D eigenvalue weighted by atomic mass is 9.77. The fourth-order valence-electron chi connectivity index (χ4n) is 3.82. The van der Waals surface area contributed by atoms with Gasteiger partial charge in [-0.05, 0) is 48.8 Å². The predicted octanol–water partition coefficient (Wildman–Crippen LogP) is 5.42. The third kappa shape index (κ3) is 2.33. The van der Waals surface area contributed by atoms with Gasteiger partial charge >= 0.3 is 0 Å². The van der Waals surface area contributed by atoms with Crippen LogP contribution in [0.15, 0.2) is 18.2 Å². The first-order valence-electron chi connectivity index (χ1n) is 7.58. The van der Waals surface area contributed by atoms with Crippen molar-refractivity contribution < 1.29 is 4.74 Å². The summed E-state index contributed by atoms with van der Waals surface area (Å²) in [4.78, 5) is 0.494. The molecule has 0 radical (unpaired) electrons. The molecule has 3 rings (SSSR count). The van der Waals surface area contributed by atoms with Crippen molar-refractivity contribution >= 4 is 15.9 Å². The van der Waals surface area contributed by atoms with E-state index in [0.29, 0.717) is 16.3 Å². The first kappa shape index (κ1) is 13.5. The minimum absolute atomic E-state index is 0.339. The molecule has 0 aromatic heterocycles. The van der Waals surface area contributed by atoms with Gasteiger partial charge in [-0.1, -0.05) is 47.8 Å². The number of alkyl halides is 1. The monoisotopic (exact) mass is 322 g/mol. The van der Waals surface area contributed by atoms with E-state index in [4.69, 9.17) is 4.74 Å². The van der Waals surface area contributed by atoms with Gasteiger partial charge in [0.1, 0.15) is 11.9 Å². The molecule has 1 aliphatic heterocycles. The van der Waals surface area contributed by atoms with E-state index >= 15 is 0 Å². The number of hydrogen-bond donors (Lipinski definition) is 0. The average Bonchev–Trinajstić information content (AvgIpc) is 3.02. The number of ether oxygens (including phenoxy) is 1. The second-order valence-corrected chi connectivity index (χ2v) is 7.20. The van der Waals surface area contributed by atoms with Gasteiger partial charge in [0.05, 0.1) is 0 Å². The molecule has 1 saturated carbocycles. The van der Waals surface area contributed by atoms with Gasteiger partial charge < -0.3 is 4.74 Å². The van der Waals surface area contributed by atoms with Crippen LogP contribution in [-0.4, -0.2) is 6.10 Å². The smallest absolute Gasteiger partial charge is 0.123 e. The van der Waals surface area contributed by atoms with E-state index < -0.39 is 0 Å². The average molecular weight is 323 g/mol. The van der Waals surface area contributed by atoms with Gasteiger partial charge in [0.25, 0.3) is 0 Å². The van der Waals surface area contributed by atoms with Gasteiger partial charge in [0, 0.05) is 11.2 Å². The van der Waals surface area contributed by atoms with Gasteiger partial charge in [-0.25, -0.2) is 0 Å². The summed E-state index contributed by atoms with van der Waals surface area (Å²) in [6.45, 7) is 4.49. The van der Waals surface area contributed by atoms with Gasteiger partial charge in [-0.3, -0.25) is 0 Å². The van der Waals surface area contributed by atoms with Crippen molar-refractivity contribution in [1.82, 2.24) is 0 Å². The molecule has 1 fully saturated rings. The molecule has 19 heavy (non-hydrogen) atoms. The summed E-state index contributed by atoms with van der Waals surface area (Å²) in [5.41, 5.74) is 3.30. The van der Waals surface area contributed by atoms with Crippen LogP contribution in [-0.2, 0) is 6.42 Å². The Balaban J connectivity index is 1.88. The van der Waals surface area contributed by atoms with Crippen LogP contribution in [0.25, 0.3) is 0 Å². The van der Waals surface area contributed by atoms with Crippen molar-refractivity contribution in [2.24, 2.45) is 5.41 Å². The maximum Gasteiger partial charge on any atom is 0.123 e. The fraction of sp³-hybridized carbons (Fsp3) is 0.647. The van der Waals surface area contributed by atoms with E-state index in [1.807, 2.05) is 0 Å². The molecule has 104 valence electrons. The maximum atomic E-state index is 5.80. The van der Waals surface area contributed by atoms with Crippen molar-refractivity contribution in [1.29, 1.82) is 0 Å². The number of fused-ring (bicyclic) bond motifs is 1. The standard InChI is InChI=1S/C17H23BrO/c1-3-17(8-4-5-9-17)16(18)13-6-7-15-14(11-13)10-12(2)19-15/h6-7,11-12,16H,3-5,8-10H2,1-2H3. The molecule has 0 amide bonds. The van der Waals surface area contributed by atoms with E-state index in [2.05, 4.69) is 48.0 Å². The van der Waals surface area contributed by atoms with Crippen LogP contribution < -0.4 is 4.74 Å². The summed E-state index contributed by atoms with van der Waals surface area (Å²) in [7, 11) is 0. The normalized spacial score (nSPS) is 25.9. The highest BCUT2D eigenvalue weighted by atomic mass is 79.9. The summed E-state index contributed by atoms with van der Waals surface area (Å²) in [5, 5.41) is 0. The maximum absolute atomic E-state index is 5.80. The Hall–Kier alpha value is -0.500. The summed E-state index contributed by atoms with van der Waals surface area (Å²) in [5.74, 6) is 1.09. The van der Waals surface area contributed by atoms with Gasteiger partial charge in [0.15, 0.2) is 0 Å². The molecule has 2 atom stereocenters. The predicted molar refractivity (Wildman–Crippen MR) is 83.1 cm³/mol. The summed E-state index contributed by atoms with van der Waals surface area (Å²) >= 11 is 4.01. The molecule has 1 aromatic carbocycles. The molecule has 2 heteroatoms. The Morgan fingerprint density at radius 3 is 2.79 bits per heavy atom. The molecular formula is C17H23BrO. The highest BCUT2D eigenvalue weighted by molar-refractivity contribution is 9.09. The number of hydrogen-bond acceptors (Lipinski definition) is 1. The van der Waals surface area contributed by atoms with Crippen LogP contribution in [0.2, 0.25) is 0 Å². The van der Waals surface area contributed by atoms with Crippen LogP contribution in [0.4, 0.5) is 0 Å². The molecule has 2 unspecified atom stereocenters. The number of halogens is 1. The number of benzene rings is 1. The molecule has 0 bridgehead atoms. The Bertz CT molecular complexity index is 462. The van der Waals surface area contributed by atoms with Crippen LogP contribution in [0, 0.1) is 5.41 Å². The zero-order chi connectivity index (χ0) is 13.5. The van der Waals surface area contributed by atoms with E-state index in [9.17, 15) is 0 Å². The summed E-state index contributed by atoms with van der Waals surface area (Å²) < 4.78 is 5.80. The molecule has 0 spiro atoms. The topological polar surface area (TPSA) is 9.23 Å². The van der Waals surface area contributed by atoms with Crippen molar-refractivity contribution in [3.8, 4) is 5.75 Å². The lowest BCUT2D eigenvalue weighted by Gasteiger charge is -2.33. The minimum atomic E-state index is 0.339. The zero-order valence-corrected chi connectivity index (χ0v) is 13.5. The molecule has 0 N–H and O–H groups in total. The zero-order valence-electron chi connectivity index (χ0n) is 11.9. The lowest BCUT2D eigenvalue weighted by Crippen LogP contribution is -2.21. The largest absolute Gasteiger partial charge is 0.490 e. The molecule has 1 nitrogen and oxygen atoms in total. The number of rotatable bonds is 3. The first-order chi connectivity index (χ1) is 9.14. The fourth-order valence-corrected chi connectivity index (χ4v) is 4.88. The highest BCUT2D eigenvalue weighted by Crippen LogP contribution is 2.54. The Labute approximate surface area is 124 Å². The van der Waals surface area contributed by atoms with Crippen molar-refractivity contribution in [3.05, 3.63) is 29.3 Å². The van der Waals surface area contributed by atoms with Crippen molar-refractivity contribution in [2.75, 3.05) is 0 Å². The summed E-state index contributed by atoms with van der Waals surface area (Å²) in [6.07, 6.45) is 8.18. The van der Waals surface area contributed by atoms with E-state index in [1.54, 1.807) is 0 Å². The van der Waals surface area contributed by atoms with Crippen LogP contribution in [0.3, 0.4) is 0 Å². The molecule has 1 aromatic rings. The summed E-state index contributed by atoms with van der Waals surface area (Å²) in [6, 6.07) is 6.79. The molecule has 2 aliphatic rings. The third-order valence-electron chi connectivity index (χ3n) is 5.05. The Morgan fingerprint density at radius 1 is 1.37 bits per heavy atom. The Morgan fingerprint density at radius 2 is 2.11 bits per heavy atom. The van der Waals surface area contributed by atoms with Crippen LogP contribution in [0.1, 0.15) is 61.9 Å². The van der Waals surface area contributed by atoms with Crippen LogP contribution in [0.5, 0.6) is 5.75 Å². The molecular weight excluding hydrogens is 300 g/mol. The SMILES string of the molecule is CCC1(C(Br)c2ccc3c(c2)CC(C)O3)CCCC1. The lowest BCUT2D eigenvalue weighted by molar-refractivity contribution is 0.254. The first-order valence-corrected chi connectivity index (χ1v) is 8.50. The van der Waals surface area contributed by atoms with Gasteiger partial charge in [-0.15, -0.1) is 0 Å². The third-order valence-corrected chi connectivity index (χ3v) is 6.55. The quantitative estimate of drug-likeness (QED) is 0.675. The van der Waals surface area contributed by atoms with Crippen molar-refractivity contribution in [3.63, 3.8) is 0 Å². The minimum Gasteiger partial charge on any atom is -0.490 e. The second kappa shape index (κ2) is 5.12. The van der Waals surface area contributed by atoms with E-state index in [0.717, 1.165) is 12.2 Å². The molecule has 1 aliphatic carbocycles. The Kier molecular flexibility index (Phi) is 3.63. The van der Waals surface area contributed by atoms with Crippen LogP contribution >= 0.6 is 15.9 Å². The second-order valence-electron chi connectivity index (χ2n) is 6.29.